The molecule has 0 saturated heterocycles. The molecule has 0 aliphatic heterocycles. The van der Waals surface area contributed by atoms with Crippen LogP contribution in [-0.4, -0.2) is 16.3 Å². The van der Waals surface area contributed by atoms with Gasteiger partial charge in [0, 0.05) is 5.02 Å². The number of aromatic nitrogens is 1. The quantitative estimate of drug-likeness (QED) is 0.410. The number of hydrogen-bond acceptors (Lipinski definition) is 4. The molecule has 0 aliphatic rings. The van der Waals surface area contributed by atoms with E-state index in [9.17, 15) is 4.39 Å². The molecule has 2 aromatic carbocycles. The maximum Gasteiger partial charge on any atom is 0.193 e. The molecule has 3 aromatic rings. The molecule has 0 spiro atoms. The van der Waals surface area contributed by atoms with E-state index in [0.29, 0.717) is 15.3 Å². The summed E-state index contributed by atoms with van der Waals surface area (Å²) in [6, 6.07) is 11.5. The van der Waals surface area contributed by atoms with Crippen molar-refractivity contribution in [1.29, 1.82) is 0 Å². The second-order valence-corrected chi connectivity index (χ2v) is 6.38. The smallest absolute Gasteiger partial charge is 0.193 e. The van der Waals surface area contributed by atoms with E-state index in [2.05, 4.69) is 20.8 Å². The predicted molar refractivity (Wildman–Crippen MR) is 98.0 cm³/mol. The molecule has 116 valence electrons. The van der Waals surface area contributed by atoms with Crippen molar-refractivity contribution >= 4 is 61.8 Å². The van der Waals surface area contributed by atoms with Crippen molar-refractivity contribution in [2.24, 2.45) is 5.10 Å². The number of hydrogen-bond donors (Lipinski definition) is 2. The van der Waals surface area contributed by atoms with Gasteiger partial charge in [-0.15, -0.1) is 0 Å². The molecule has 0 unspecified atom stereocenters. The molecule has 23 heavy (non-hydrogen) atoms. The van der Waals surface area contributed by atoms with Crippen LogP contribution >= 0.6 is 35.2 Å². The Morgan fingerprint density at radius 2 is 2.04 bits per heavy atom. The van der Waals surface area contributed by atoms with Crippen LogP contribution in [-0.2, 0) is 0 Å². The van der Waals surface area contributed by atoms with Crippen LogP contribution in [0, 0.1) is 5.82 Å². The number of fused-ring (bicyclic) bond motifs is 1. The van der Waals surface area contributed by atoms with Gasteiger partial charge in [-0.2, -0.15) is 5.10 Å². The van der Waals surface area contributed by atoms with Gasteiger partial charge in [0.1, 0.15) is 5.82 Å². The molecular weight excluding hydrogens is 355 g/mol. The summed E-state index contributed by atoms with van der Waals surface area (Å²) in [5, 5.41) is 8.57. The van der Waals surface area contributed by atoms with Crippen molar-refractivity contribution in [3.63, 3.8) is 0 Å². The average molecular weight is 365 g/mol. The highest BCUT2D eigenvalue weighted by molar-refractivity contribution is 7.80. The first-order chi connectivity index (χ1) is 11.1. The Morgan fingerprint density at radius 1 is 1.26 bits per heavy atom. The lowest BCUT2D eigenvalue weighted by molar-refractivity contribution is 0.628. The first kappa shape index (κ1) is 15.8. The number of nitrogens with zero attached hydrogens (tertiary/aromatic N) is 2. The van der Waals surface area contributed by atoms with Gasteiger partial charge >= 0.3 is 0 Å². The molecule has 0 amide bonds. The first-order valence-electron chi connectivity index (χ1n) is 6.52. The monoisotopic (exact) mass is 364 g/mol. The number of thiazole rings is 1. The molecule has 2 N–H and O–H groups in total. The minimum absolute atomic E-state index is 0.289. The Bertz CT molecular complexity index is 877. The zero-order valence-electron chi connectivity index (χ0n) is 11.6. The molecular formula is C15H10ClFN4S2. The lowest BCUT2D eigenvalue weighted by atomic mass is 10.2. The molecule has 0 fully saturated rings. The maximum atomic E-state index is 12.8. The van der Waals surface area contributed by atoms with Gasteiger partial charge in [0.15, 0.2) is 10.2 Å². The van der Waals surface area contributed by atoms with E-state index in [1.165, 1.54) is 23.5 Å². The largest absolute Gasteiger partial charge is 0.307 e. The number of rotatable bonds is 3. The lowest BCUT2D eigenvalue weighted by Crippen LogP contribution is -2.23. The van der Waals surface area contributed by atoms with Crippen molar-refractivity contribution < 1.29 is 4.39 Å². The van der Waals surface area contributed by atoms with Crippen molar-refractivity contribution in [1.82, 2.24) is 10.4 Å². The average Bonchev–Trinajstić information content (AvgIpc) is 2.90. The van der Waals surface area contributed by atoms with Gasteiger partial charge in [0.05, 0.1) is 16.4 Å². The van der Waals surface area contributed by atoms with Crippen molar-refractivity contribution in [2.75, 3.05) is 5.32 Å². The van der Waals surface area contributed by atoms with E-state index >= 15 is 0 Å². The molecule has 0 radical (unpaired) electrons. The van der Waals surface area contributed by atoms with E-state index in [0.717, 1.165) is 15.8 Å². The van der Waals surface area contributed by atoms with Crippen molar-refractivity contribution in [3.8, 4) is 0 Å². The minimum atomic E-state index is -0.289. The first-order valence-corrected chi connectivity index (χ1v) is 8.12. The molecule has 1 heterocycles. The number of anilines is 1. The molecule has 0 saturated carbocycles. The van der Waals surface area contributed by atoms with Gasteiger partial charge in [-0.3, -0.25) is 5.43 Å². The zero-order chi connectivity index (χ0) is 16.2. The number of thiocarbonyl (C=S) groups is 1. The zero-order valence-corrected chi connectivity index (χ0v) is 14.0. The summed E-state index contributed by atoms with van der Waals surface area (Å²) in [4.78, 5) is 4.40. The fourth-order valence-electron chi connectivity index (χ4n) is 1.79. The van der Waals surface area contributed by atoms with Crippen LogP contribution in [0.4, 0.5) is 9.52 Å². The van der Waals surface area contributed by atoms with E-state index in [4.69, 9.17) is 23.8 Å². The van der Waals surface area contributed by atoms with Crippen LogP contribution in [0.15, 0.2) is 47.6 Å². The van der Waals surface area contributed by atoms with Crippen LogP contribution in [0.5, 0.6) is 0 Å². The van der Waals surface area contributed by atoms with Crippen LogP contribution in [0.3, 0.4) is 0 Å². The minimum Gasteiger partial charge on any atom is -0.307 e. The fourth-order valence-corrected chi connectivity index (χ4v) is 3.15. The summed E-state index contributed by atoms with van der Waals surface area (Å²) in [5.74, 6) is -0.289. The maximum absolute atomic E-state index is 12.8. The summed E-state index contributed by atoms with van der Waals surface area (Å²) >= 11 is 12.5. The van der Waals surface area contributed by atoms with Crippen LogP contribution in [0.25, 0.3) is 10.2 Å². The molecule has 1 aromatic heterocycles. The summed E-state index contributed by atoms with van der Waals surface area (Å²) < 4.78 is 13.8. The summed E-state index contributed by atoms with van der Waals surface area (Å²) in [6.07, 6.45) is 1.55. The van der Waals surface area contributed by atoms with E-state index in [1.54, 1.807) is 24.4 Å². The Kier molecular flexibility index (Phi) is 4.80. The summed E-state index contributed by atoms with van der Waals surface area (Å²) in [6.45, 7) is 0. The van der Waals surface area contributed by atoms with E-state index in [1.807, 2.05) is 12.1 Å². The number of benzene rings is 2. The normalized spacial score (nSPS) is 11.0. The Morgan fingerprint density at radius 3 is 2.83 bits per heavy atom. The van der Waals surface area contributed by atoms with Crippen LogP contribution < -0.4 is 10.7 Å². The standard InChI is InChI=1S/C15H10ClFN4S2/c16-10-3-6-12-13(7-10)23-15(19-12)20-14(22)21-18-8-9-1-4-11(17)5-2-9/h1-8H,(H2,19,20,21,22)/b18-8+. The van der Waals surface area contributed by atoms with Gasteiger partial charge in [0.2, 0.25) is 0 Å². The molecule has 0 atom stereocenters. The number of hydrazone groups is 1. The molecule has 4 nitrogen and oxygen atoms in total. The highest BCUT2D eigenvalue weighted by Crippen LogP contribution is 2.28. The Balaban J connectivity index is 1.60. The Labute approximate surface area is 146 Å². The topological polar surface area (TPSA) is 49.3 Å². The third kappa shape index (κ3) is 4.22. The third-order valence-corrected chi connectivity index (χ3v) is 4.18. The summed E-state index contributed by atoms with van der Waals surface area (Å²) in [7, 11) is 0. The summed E-state index contributed by atoms with van der Waals surface area (Å²) in [5.41, 5.74) is 4.29. The van der Waals surface area contributed by atoms with Crippen molar-refractivity contribution in [2.45, 2.75) is 0 Å². The third-order valence-electron chi connectivity index (χ3n) is 2.82. The molecule has 3 rings (SSSR count). The van der Waals surface area contributed by atoms with E-state index in [-0.39, 0.29) is 5.82 Å². The number of halogens is 2. The van der Waals surface area contributed by atoms with Crippen molar-refractivity contribution in [3.05, 3.63) is 58.9 Å². The van der Waals surface area contributed by atoms with Gasteiger partial charge in [-0.1, -0.05) is 35.1 Å². The predicted octanol–water partition coefficient (Wildman–Crippen LogP) is 4.41. The van der Waals surface area contributed by atoms with Crippen LogP contribution in [0.2, 0.25) is 5.02 Å². The fraction of sp³-hybridized carbons (Fsp3) is 0. The molecule has 8 heteroatoms. The SMILES string of the molecule is Fc1ccc(/C=N/NC(=S)Nc2nc3ccc(Cl)cc3s2)cc1. The second-order valence-electron chi connectivity index (χ2n) is 4.51. The van der Waals surface area contributed by atoms with Crippen LogP contribution in [0.1, 0.15) is 5.56 Å². The molecule has 0 bridgehead atoms. The van der Waals surface area contributed by atoms with E-state index < -0.39 is 0 Å². The van der Waals surface area contributed by atoms with Gasteiger partial charge < -0.3 is 5.32 Å². The van der Waals surface area contributed by atoms with Gasteiger partial charge in [0.25, 0.3) is 0 Å². The van der Waals surface area contributed by atoms with Gasteiger partial charge in [-0.05, 0) is 48.1 Å². The number of nitrogens with one attached hydrogen (secondary N) is 2. The highest BCUT2D eigenvalue weighted by Gasteiger charge is 2.05. The highest BCUT2D eigenvalue weighted by atomic mass is 35.5. The Hall–Kier alpha value is -2.09. The molecule has 0 aliphatic carbocycles. The van der Waals surface area contributed by atoms with Gasteiger partial charge in [-0.25, -0.2) is 9.37 Å². The second kappa shape index (κ2) is 6.99. The lowest BCUT2D eigenvalue weighted by Gasteiger charge is -2.02.